The van der Waals surface area contributed by atoms with Crippen molar-refractivity contribution in [2.24, 2.45) is 0 Å². The van der Waals surface area contributed by atoms with Crippen LogP contribution in [0.25, 0.3) is 0 Å². The summed E-state index contributed by atoms with van der Waals surface area (Å²) in [6.07, 6.45) is 4.20. The molecule has 1 aromatic carbocycles. The molecule has 0 aromatic heterocycles. The number of hydrogen-bond donors (Lipinski definition) is 0. The molecule has 3 heteroatoms. The van der Waals surface area contributed by atoms with E-state index in [1.54, 1.807) is 0 Å². The van der Waals surface area contributed by atoms with Crippen molar-refractivity contribution < 1.29 is 4.74 Å². The Bertz CT molecular complexity index is 415. The predicted octanol–water partition coefficient (Wildman–Crippen LogP) is 3.89. The molecule has 1 nitrogen and oxygen atoms in total. The number of ether oxygens (including phenoxy) is 1. The second-order valence-corrected chi connectivity index (χ2v) is 5.13. The molecular weight excluding hydrogens is 231 g/mol. The summed E-state index contributed by atoms with van der Waals surface area (Å²) in [6.45, 7) is 0.787. The lowest BCUT2D eigenvalue weighted by Crippen LogP contribution is -2.08. The lowest BCUT2D eigenvalue weighted by molar-refractivity contribution is 0.351. The van der Waals surface area contributed by atoms with E-state index in [9.17, 15) is 0 Å². The molecule has 1 aliphatic carbocycles. The lowest BCUT2D eigenvalue weighted by Gasteiger charge is -2.24. The van der Waals surface area contributed by atoms with Gasteiger partial charge in [-0.3, -0.25) is 0 Å². The Labute approximate surface area is 99.3 Å². The minimum atomic E-state index is 0.0655. The first kappa shape index (κ1) is 9.80. The third-order valence-electron chi connectivity index (χ3n) is 3.26. The summed E-state index contributed by atoms with van der Waals surface area (Å²) in [5, 5.41) is 0.893. The zero-order chi connectivity index (χ0) is 10.4. The minimum absolute atomic E-state index is 0.0655. The van der Waals surface area contributed by atoms with Crippen LogP contribution in [0.15, 0.2) is 6.07 Å². The van der Waals surface area contributed by atoms with Crippen molar-refractivity contribution in [2.45, 2.75) is 31.1 Å². The van der Waals surface area contributed by atoms with Gasteiger partial charge in [-0.15, -0.1) is 11.6 Å². The zero-order valence-corrected chi connectivity index (χ0v) is 9.87. The molecule has 0 saturated carbocycles. The number of hydrogen-bond acceptors (Lipinski definition) is 1. The molecule has 80 valence electrons. The molecule has 1 atom stereocenters. The molecule has 3 rings (SSSR count). The van der Waals surface area contributed by atoms with E-state index in [1.165, 1.54) is 11.1 Å². The van der Waals surface area contributed by atoms with Gasteiger partial charge in [-0.1, -0.05) is 11.6 Å². The quantitative estimate of drug-likeness (QED) is 0.628. The second kappa shape index (κ2) is 3.57. The Kier molecular flexibility index (Phi) is 2.33. The van der Waals surface area contributed by atoms with Crippen LogP contribution in [0.3, 0.4) is 0 Å². The number of rotatable bonds is 0. The molecule has 0 fully saturated rings. The molecule has 0 radical (unpaired) electrons. The second-order valence-electron chi connectivity index (χ2n) is 4.20. The molecule has 2 aliphatic rings. The lowest BCUT2D eigenvalue weighted by atomic mass is 9.89. The van der Waals surface area contributed by atoms with E-state index in [2.05, 4.69) is 0 Å². The first-order valence-electron chi connectivity index (χ1n) is 5.38. The van der Waals surface area contributed by atoms with Crippen molar-refractivity contribution in [3.05, 3.63) is 27.8 Å². The van der Waals surface area contributed by atoms with Crippen molar-refractivity contribution in [3.8, 4) is 5.75 Å². The Morgan fingerprint density at radius 1 is 1.33 bits per heavy atom. The monoisotopic (exact) mass is 242 g/mol. The van der Waals surface area contributed by atoms with E-state index in [1.807, 2.05) is 6.07 Å². The normalized spacial score (nSPS) is 23.2. The topological polar surface area (TPSA) is 9.23 Å². The van der Waals surface area contributed by atoms with Gasteiger partial charge >= 0.3 is 0 Å². The SMILES string of the molecule is Clc1cc2c(c3c1C(Cl)CCC3)OCC2. The molecule has 1 unspecified atom stereocenters. The van der Waals surface area contributed by atoms with Crippen molar-refractivity contribution >= 4 is 23.2 Å². The summed E-state index contributed by atoms with van der Waals surface area (Å²) in [5.74, 6) is 1.07. The highest BCUT2D eigenvalue weighted by Crippen LogP contribution is 2.45. The average Bonchev–Trinajstić information content (AvgIpc) is 2.65. The highest BCUT2D eigenvalue weighted by molar-refractivity contribution is 6.33. The molecule has 1 aromatic rings. The molecule has 0 saturated heterocycles. The number of halogens is 2. The summed E-state index contributed by atoms with van der Waals surface area (Å²) < 4.78 is 5.68. The van der Waals surface area contributed by atoms with Gasteiger partial charge in [0.1, 0.15) is 5.75 Å². The third-order valence-corrected chi connectivity index (χ3v) is 4.01. The molecule has 0 spiro atoms. The van der Waals surface area contributed by atoms with Crippen molar-refractivity contribution in [2.75, 3.05) is 6.61 Å². The number of fused-ring (bicyclic) bond motifs is 3. The number of alkyl halides is 1. The van der Waals surface area contributed by atoms with E-state index in [0.29, 0.717) is 0 Å². The van der Waals surface area contributed by atoms with Gasteiger partial charge in [0, 0.05) is 17.0 Å². The minimum Gasteiger partial charge on any atom is -0.493 e. The van der Waals surface area contributed by atoms with Gasteiger partial charge in [-0.05, 0) is 36.5 Å². The van der Waals surface area contributed by atoms with Crippen LogP contribution in [-0.4, -0.2) is 6.61 Å². The third kappa shape index (κ3) is 1.44. The highest BCUT2D eigenvalue weighted by atomic mass is 35.5. The maximum absolute atomic E-state index is 6.31. The summed E-state index contributed by atoms with van der Waals surface area (Å²) in [6, 6.07) is 2.03. The Balaban J connectivity index is 2.24. The van der Waals surface area contributed by atoms with Gasteiger partial charge < -0.3 is 4.74 Å². The molecule has 1 heterocycles. The summed E-state index contributed by atoms with van der Waals surface area (Å²) >= 11 is 12.6. The van der Waals surface area contributed by atoms with Gasteiger partial charge in [0.15, 0.2) is 0 Å². The van der Waals surface area contributed by atoms with Crippen LogP contribution in [0, 0.1) is 0 Å². The largest absolute Gasteiger partial charge is 0.493 e. The van der Waals surface area contributed by atoms with Crippen LogP contribution in [0.5, 0.6) is 5.75 Å². The smallest absolute Gasteiger partial charge is 0.126 e. The average molecular weight is 243 g/mol. The molecule has 0 amide bonds. The summed E-state index contributed by atoms with van der Waals surface area (Å²) in [4.78, 5) is 0. The fraction of sp³-hybridized carbons (Fsp3) is 0.500. The van der Waals surface area contributed by atoms with Crippen LogP contribution in [-0.2, 0) is 12.8 Å². The van der Waals surface area contributed by atoms with Gasteiger partial charge in [-0.2, -0.15) is 0 Å². The Hall–Kier alpha value is -0.400. The number of benzene rings is 1. The Morgan fingerprint density at radius 3 is 3.07 bits per heavy atom. The zero-order valence-electron chi connectivity index (χ0n) is 8.35. The standard InChI is InChI=1S/C12H12Cl2O/c13-9-3-1-2-8-11(9)10(14)6-7-4-5-15-12(7)8/h6,9H,1-5H2. The maximum Gasteiger partial charge on any atom is 0.126 e. The van der Waals surface area contributed by atoms with Gasteiger partial charge in [0.25, 0.3) is 0 Å². The van der Waals surface area contributed by atoms with E-state index in [0.717, 1.165) is 48.6 Å². The van der Waals surface area contributed by atoms with E-state index >= 15 is 0 Å². The van der Waals surface area contributed by atoms with E-state index in [4.69, 9.17) is 27.9 Å². The molecule has 0 N–H and O–H groups in total. The van der Waals surface area contributed by atoms with Crippen LogP contribution in [0.4, 0.5) is 0 Å². The van der Waals surface area contributed by atoms with Crippen molar-refractivity contribution in [3.63, 3.8) is 0 Å². The van der Waals surface area contributed by atoms with E-state index < -0.39 is 0 Å². The Morgan fingerprint density at radius 2 is 2.20 bits per heavy atom. The van der Waals surface area contributed by atoms with Crippen LogP contribution >= 0.6 is 23.2 Å². The first-order valence-corrected chi connectivity index (χ1v) is 6.20. The van der Waals surface area contributed by atoms with Crippen molar-refractivity contribution in [1.82, 2.24) is 0 Å². The fourth-order valence-electron chi connectivity index (χ4n) is 2.57. The summed E-state index contributed by atoms with van der Waals surface area (Å²) in [5.41, 5.74) is 3.64. The molecule has 1 aliphatic heterocycles. The van der Waals surface area contributed by atoms with Crippen LogP contribution < -0.4 is 4.74 Å². The van der Waals surface area contributed by atoms with E-state index in [-0.39, 0.29) is 5.38 Å². The maximum atomic E-state index is 6.31. The fourth-order valence-corrected chi connectivity index (χ4v) is 3.41. The van der Waals surface area contributed by atoms with Crippen molar-refractivity contribution in [1.29, 1.82) is 0 Å². The van der Waals surface area contributed by atoms with Gasteiger partial charge in [0.2, 0.25) is 0 Å². The molecule has 15 heavy (non-hydrogen) atoms. The highest BCUT2D eigenvalue weighted by Gasteiger charge is 2.28. The van der Waals surface area contributed by atoms with Crippen LogP contribution in [0.2, 0.25) is 5.02 Å². The van der Waals surface area contributed by atoms with Gasteiger partial charge in [0.05, 0.1) is 12.0 Å². The first-order chi connectivity index (χ1) is 7.27. The van der Waals surface area contributed by atoms with Gasteiger partial charge in [-0.25, -0.2) is 0 Å². The summed E-state index contributed by atoms with van der Waals surface area (Å²) in [7, 11) is 0. The van der Waals surface area contributed by atoms with Crippen LogP contribution in [0.1, 0.15) is 34.9 Å². The molecular formula is C12H12Cl2O. The molecule has 0 bridgehead atoms. The predicted molar refractivity (Wildman–Crippen MR) is 62.2 cm³/mol.